The first-order valence-electron chi connectivity index (χ1n) is 5.02. The highest BCUT2D eigenvalue weighted by Gasteiger charge is 2.08. The summed E-state index contributed by atoms with van der Waals surface area (Å²) in [5, 5.41) is 12.5. The highest BCUT2D eigenvalue weighted by Crippen LogP contribution is 2.30. The topological polar surface area (TPSA) is 35.8 Å². The summed E-state index contributed by atoms with van der Waals surface area (Å²) in [4.78, 5) is 0. The van der Waals surface area contributed by atoms with Crippen molar-refractivity contribution < 1.29 is 4.39 Å². The Hall–Kier alpha value is -1.57. The molecule has 1 N–H and O–H groups in total. The number of nitrogens with zero attached hydrogens (tertiary/aromatic N) is 1. The van der Waals surface area contributed by atoms with Crippen LogP contribution in [-0.4, -0.2) is 0 Å². The van der Waals surface area contributed by atoms with Gasteiger partial charge < -0.3 is 5.32 Å². The molecule has 0 saturated heterocycles. The Morgan fingerprint density at radius 2 is 2.00 bits per heavy atom. The molecule has 2 rings (SSSR count). The molecular formula is C13H7BrClFN2. The zero-order chi connectivity index (χ0) is 13.1. The number of anilines is 2. The van der Waals surface area contributed by atoms with Crippen LogP contribution in [0, 0.1) is 17.1 Å². The standard InChI is InChI=1S/C13H7BrClFN2/c14-10-6-8(16)4-5-13(10)18-12-3-1-2-11(15)9(12)7-17/h1-6,18H. The number of nitrogens with one attached hydrogen (secondary N) is 1. The van der Waals surface area contributed by atoms with E-state index in [2.05, 4.69) is 21.2 Å². The maximum atomic E-state index is 13.0. The van der Waals surface area contributed by atoms with Crippen LogP contribution in [0.3, 0.4) is 0 Å². The van der Waals surface area contributed by atoms with Gasteiger partial charge >= 0.3 is 0 Å². The lowest BCUT2D eigenvalue weighted by Crippen LogP contribution is -1.95. The third-order valence-electron chi connectivity index (χ3n) is 2.33. The van der Waals surface area contributed by atoms with Gasteiger partial charge in [0.25, 0.3) is 0 Å². The predicted molar refractivity (Wildman–Crippen MR) is 73.5 cm³/mol. The lowest BCUT2D eigenvalue weighted by molar-refractivity contribution is 0.627. The maximum absolute atomic E-state index is 13.0. The van der Waals surface area contributed by atoms with Crippen molar-refractivity contribution in [1.82, 2.24) is 0 Å². The average molecular weight is 326 g/mol. The number of nitriles is 1. The zero-order valence-corrected chi connectivity index (χ0v) is 11.4. The molecule has 0 aliphatic rings. The van der Waals surface area contributed by atoms with Gasteiger partial charge in [-0.3, -0.25) is 0 Å². The molecule has 0 amide bonds. The minimum Gasteiger partial charge on any atom is -0.353 e. The smallest absolute Gasteiger partial charge is 0.124 e. The van der Waals surface area contributed by atoms with Crippen LogP contribution in [0.4, 0.5) is 15.8 Å². The van der Waals surface area contributed by atoms with E-state index in [0.29, 0.717) is 26.4 Å². The van der Waals surface area contributed by atoms with Gasteiger partial charge in [0.1, 0.15) is 11.9 Å². The van der Waals surface area contributed by atoms with E-state index in [-0.39, 0.29) is 5.82 Å². The molecule has 2 nitrogen and oxygen atoms in total. The van der Waals surface area contributed by atoms with Gasteiger partial charge in [0.15, 0.2) is 0 Å². The summed E-state index contributed by atoms with van der Waals surface area (Å²) in [5.41, 5.74) is 1.60. The van der Waals surface area contributed by atoms with E-state index >= 15 is 0 Å². The number of benzene rings is 2. The molecule has 5 heteroatoms. The van der Waals surface area contributed by atoms with Crippen LogP contribution in [0.15, 0.2) is 40.9 Å². The molecule has 90 valence electrons. The second-order valence-corrected chi connectivity index (χ2v) is 4.78. The van der Waals surface area contributed by atoms with E-state index in [0.717, 1.165) is 0 Å². The van der Waals surface area contributed by atoms with Crippen LogP contribution in [0.25, 0.3) is 0 Å². The number of halogens is 3. The summed E-state index contributed by atoms with van der Waals surface area (Å²) >= 11 is 9.18. The summed E-state index contributed by atoms with van der Waals surface area (Å²) in [6.07, 6.45) is 0. The molecule has 0 unspecified atom stereocenters. The Labute approximate surface area is 117 Å². The molecule has 0 heterocycles. The Balaban J connectivity index is 2.41. The van der Waals surface area contributed by atoms with E-state index in [1.165, 1.54) is 12.1 Å². The van der Waals surface area contributed by atoms with Crippen molar-refractivity contribution in [3.8, 4) is 6.07 Å². The first-order chi connectivity index (χ1) is 8.61. The number of rotatable bonds is 2. The van der Waals surface area contributed by atoms with Crippen LogP contribution in [0.5, 0.6) is 0 Å². The first kappa shape index (κ1) is 12.9. The SMILES string of the molecule is N#Cc1c(Cl)cccc1Nc1ccc(F)cc1Br. The summed E-state index contributed by atoms with van der Waals surface area (Å²) < 4.78 is 13.5. The van der Waals surface area contributed by atoms with E-state index < -0.39 is 0 Å². The lowest BCUT2D eigenvalue weighted by atomic mass is 10.2. The first-order valence-corrected chi connectivity index (χ1v) is 6.19. The van der Waals surface area contributed by atoms with Crippen molar-refractivity contribution in [2.24, 2.45) is 0 Å². The van der Waals surface area contributed by atoms with Gasteiger partial charge in [-0.1, -0.05) is 17.7 Å². The average Bonchev–Trinajstić information content (AvgIpc) is 2.33. The summed E-state index contributed by atoms with van der Waals surface area (Å²) in [6.45, 7) is 0. The highest BCUT2D eigenvalue weighted by atomic mass is 79.9. The fraction of sp³-hybridized carbons (Fsp3) is 0. The predicted octanol–water partition coefficient (Wildman–Crippen LogP) is 4.86. The van der Waals surface area contributed by atoms with Crippen LogP contribution in [0.2, 0.25) is 5.02 Å². The summed E-state index contributed by atoms with van der Waals surface area (Å²) in [6, 6.07) is 11.4. The van der Waals surface area contributed by atoms with Gasteiger partial charge in [-0.05, 0) is 46.3 Å². The van der Waals surface area contributed by atoms with Crippen molar-refractivity contribution in [1.29, 1.82) is 5.26 Å². The minimum atomic E-state index is -0.334. The molecule has 0 bridgehead atoms. The molecule has 0 fully saturated rings. The van der Waals surface area contributed by atoms with Gasteiger partial charge in [-0.15, -0.1) is 0 Å². The van der Waals surface area contributed by atoms with Crippen molar-refractivity contribution in [3.05, 3.63) is 57.3 Å². The quantitative estimate of drug-likeness (QED) is 0.856. The van der Waals surface area contributed by atoms with Gasteiger partial charge in [-0.25, -0.2) is 4.39 Å². The summed E-state index contributed by atoms with van der Waals surface area (Å²) in [5.74, 6) is -0.334. The Morgan fingerprint density at radius 1 is 1.22 bits per heavy atom. The molecule has 0 spiro atoms. The molecule has 0 atom stereocenters. The van der Waals surface area contributed by atoms with Crippen LogP contribution in [0.1, 0.15) is 5.56 Å². The Bertz CT molecular complexity index is 637. The van der Waals surface area contributed by atoms with Crippen LogP contribution in [-0.2, 0) is 0 Å². The Morgan fingerprint density at radius 3 is 2.67 bits per heavy atom. The van der Waals surface area contributed by atoms with E-state index in [9.17, 15) is 4.39 Å². The minimum absolute atomic E-state index is 0.334. The Kier molecular flexibility index (Phi) is 3.85. The number of hydrogen-bond acceptors (Lipinski definition) is 2. The van der Waals surface area contributed by atoms with Crippen molar-refractivity contribution in [3.63, 3.8) is 0 Å². The van der Waals surface area contributed by atoms with Crippen molar-refractivity contribution in [2.45, 2.75) is 0 Å². The molecule has 0 aliphatic carbocycles. The van der Waals surface area contributed by atoms with E-state index in [1.54, 1.807) is 24.3 Å². The third-order valence-corrected chi connectivity index (χ3v) is 3.30. The van der Waals surface area contributed by atoms with Crippen molar-refractivity contribution in [2.75, 3.05) is 5.32 Å². The molecule has 0 radical (unpaired) electrons. The van der Waals surface area contributed by atoms with Gasteiger partial charge in [-0.2, -0.15) is 5.26 Å². The molecule has 0 aromatic heterocycles. The molecule has 0 saturated carbocycles. The fourth-order valence-electron chi connectivity index (χ4n) is 1.48. The molecule has 2 aromatic rings. The van der Waals surface area contributed by atoms with Crippen LogP contribution >= 0.6 is 27.5 Å². The van der Waals surface area contributed by atoms with Gasteiger partial charge in [0.2, 0.25) is 0 Å². The number of hydrogen-bond donors (Lipinski definition) is 1. The van der Waals surface area contributed by atoms with Gasteiger partial charge in [0.05, 0.1) is 22.0 Å². The van der Waals surface area contributed by atoms with Gasteiger partial charge in [0, 0.05) is 4.47 Å². The third kappa shape index (κ3) is 2.63. The van der Waals surface area contributed by atoms with E-state index in [1.807, 2.05) is 6.07 Å². The fourth-order valence-corrected chi connectivity index (χ4v) is 2.14. The second kappa shape index (κ2) is 5.38. The normalized spacial score (nSPS) is 9.89. The van der Waals surface area contributed by atoms with E-state index in [4.69, 9.17) is 16.9 Å². The molecule has 18 heavy (non-hydrogen) atoms. The highest BCUT2D eigenvalue weighted by molar-refractivity contribution is 9.10. The second-order valence-electron chi connectivity index (χ2n) is 3.52. The lowest BCUT2D eigenvalue weighted by Gasteiger charge is -2.10. The molecule has 2 aromatic carbocycles. The largest absolute Gasteiger partial charge is 0.353 e. The molecule has 0 aliphatic heterocycles. The van der Waals surface area contributed by atoms with Crippen LogP contribution < -0.4 is 5.32 Å². The van der Waals surface area contributed by atoms with Crippen molar-refractivity contribution >= 4 is 38.9 Å². The zero-order valence-electron chi connectivity index (χ0n) is 9.05. The monoisotopic (exact) mass is 324 g/mol. The summed E-state index contributed by atoms with van der Waals surface area (Å²) in [7, 11) is 0. The molecular weight excluding hydrogens is 319 g/mol. The maximum Gasteiger partial charge on any atom is 0.124 e.